The topological polar surface area (TPSA) is 119 Å². The molecule has 5 N–H and O–H groups in total. The summed E-state index contributed by atoms with van der Waals surface area (Å²) in [6.45, 7) is 0. The molecule has 1 aliphatic carbocycles. The minimum absolute atomic E-state index is 0.00545. The number of nitrogens with zero attached hydrogens (tertiary/aromatic N) is 3. The third kappa shape index (κ3) is 2.44. The van der Waals surface area contributed by atoms with Crippen LogP contribution in [0.4, 0.5) is 23.3 Å². The Morgan fingerprint density at radius 3 is 2.43 bits per heavy atom. The molecule has 0 spiro atoms. The molecule has 28 heavy (non-hydrogen) atoms. The van der Waals surface area contributed by atoms with Crippen molar-refractivity contribution < 1.29 is 4.79 Å². The second kappa shape index (κ2) is 6.03. The van der Waals surface area contributed by atoms with Crippen molar-refractivity contribution in [2.45, 2.75) is 6.04 Å². The zero-order chi connectivity index (χ0) is 19.4. The molecule has 0 radical (unpaired) electrons. The summed E-state index contributed by atoms with van der Waals surface area (Å²) in [6.07, 6.45) is 0. The molecule has 7 nitrogen and oxygen atoms in total. The third-order valence-electron chi connectivity index (χ3n) is 5.07. The fourth-order valence-electron chi connectivity index (χ4n) is 3.82. The largest absolute Gasteiger partial charge is 0.382 e. The lowest BCUT2D eigenvalue weighted by molar-refractivity contribution is 0.0952. The van der Waals surface area contributed by atoms with Crippen molar-refractivity contribution in [3.05, 3.63) is 70.2 Å². The van der Waals surface area contributed by atoms with E-state index in [1.54, 1.807) is 12.1 Å². The number of nitrogen functional groups attached to an aromatic ring is 2. The number of aliphatic imine (C=N–C) groups is 1. The number of Topliss-reactive ketones (excluding diaryl/α,β-unsaturated/α-hetero) is 1. The minimum atomic E-state index is -0.534. The second-order valence-electron chi connectivity index (χ2n) is 6.72. The van der Waals surface area contributed by atoms with E-state index in [4.69, 9.17) is 28.1 Å². The Bertz CT molecular complexity index is 1160. The number of benzene rings is 2. The Labute approximate surface area is 165 Å². The minimum Gasteiger partial charge on any atom is -0.382 e. The lowest BCUT2D eigenvalue weighted by Gasteiger charge is -2.24. The van der Waals surface area contributed by atoms with Gasteiger partial charge >= 0.3 is 0 Å². The molecule has 2 aliphatic rings. The fourth-order valence-corrected chi connectivity index (χ4v) is 3.95. The van der Waals surface area contributed by atoms with Gasteiger partial charge in [-0.05, 0) is 17.7 Å². The highest BCUT2D eigenvalue weighted by Crippen LogP contribution is 2.44. The highest BCUT2D eigenvalue weighted by atomic mass is 35.5. The Balaban J connectivity index is 1.78. The molecule has 0 amide bonds. The van der Waals surface area contributed by atoms with Crippen LogP contribution in [0.15, 0.2) is 53.5 Å². The van der Waals surface area contributed by atoms with Gasteiger partial charge in [0.2, 0.25) is 5.95 Å². The summed E-state index contributed by atoms with van der Waals surface area (Å²) in [7, 11) is 0. The Hall–Kier alpha value is -3.45. The molecule has 3 aromatic rings. The standard InChI is InChI=1S/C20H15ClN6O/c21-10-7-5-9(6-8-10)14-13-15(11-3-1-2-4-12(11)17(13)28)25-19-16(24-14)18(22)26-20(23)27-19/h1-8,13-14,24H,(H4,22,23,26,27). The van der Waals surface area contributed by atoms with Gasteiger partial charge in [-0.25, -0.2) is 4.99 Å². The Morgan fingerprint density at radius 1 is 0.964 bits per heavy atom. The highest BCUT2D eigenvalue weighted by Gasteiger charge is 2.44. The first-order chi connectivity index (χ1) is 13.5. The summed E-state index contributed by atoms with van der Waals surface area (Å²) < 4.78 is 0. The molecule has 2 aromatic carbocycles. The number of fused-ring (bicyclic) bond motifs is 4. The number of halogens is 1. The summed E-state index contributed by atoms with van der Waals surface area (Å²) in [4.78, 5) is 26.3. The first-order valence-corrected chi connectivity index (χ1v) is 9.08. The normalized spacial score (nSPS) is 19.8. The zero-order valence-electron chi connectivity index (χ0n) is 14.6. The molecule has 0 saturated carbocycles. The number of ketones is 1. The third-order valence-corrected chi connectivity index (χ3v) is 5.32. The Kier molecular flexibility index (Phi) is 3.60. The van der Waals surface area contributed by atoms with Crippen molar-refractivity contribution in [3.63, 3.8) is 0 Å². The van der Waals surface area contributed by atoms with Crippen LogP contribution in [-0.4, -0.2) is 21.5 Å². The van der Waals surface area contributed by atoms with Gasteiger partial charge in [0.15, 0.2) is 17.4 Å². The molecule has 2 atom stereocenters. The van der Waals surface area contributed by atoms with Crippen molar-refractivity contribution in [1.82, 2.24) is 9.97 Å². The summed E-state index contributed by atoms with van der Waals surface area (Å²) in [5, 5.41) is 3.96. The zero-order valence-corrected chi connectivity index (χ0v) is 15.3. The quantitative estimate of drug-likeness (QED) is 0.585. The van der Waals surface area contributed by atoms with Crippen molar-refractivity contribution in [1.29, 1.82) is 0 Å². The van der Waals surface area contributed by atoms with Crippen LogP contribution in [0.3, 0.4) is 0 Å². The molecule has 8 heteroatoms. The fraction of sp³-hybridized carbons (Fsp3) is 0.100. The van der Waals surface area contributed by atoms with Crippen LogP contribution in [0.25, 0.3) is 0 Å². The van der Waals surface area contributed by atoms with Gasteiger partial charge in [-0.3, -0.25) is 4.79 Å². The summed E-state index contributed by atoms with van der Waals surface area (Å²) in [5.41, 5.74) is 15.3. The predicted octanol–water partition coefficient (Wildman–Crippen LogP) is 3.39. The van der Waals surface area contributed by atoms with Crippen LogP contribution < -0.4 is 16.8 Å². The van der Waals surface area contributed by atoms with E-state index in [-0.39, 0.29) is 17.5 Å². The van der Waals surface area contributed by atoms with E-state index < -0.39 is 12.0 Å². The number of anilines is 3. The number of aromatic nitrogens is 2. The van der Waals surface area contributed by atoms with E-state index in [1.165, 1.54) is 0 Å². The van der Waals surface area contributed by atoms with Gasteiger partial charge in [0, 0.05) is 16.1 Å². The first kappa shape index (κ1) is 16.7. The SMILES string of the molecule is Nc1nc(N)c2c(n1)N=C1c3ccccc3C(=O)C1C(c1ccc(Cl)cc1)N2. The number of carbonyl (C=O) groups is 1. The molecule has 0 bridgehead atoms. The van der Waals surface area contributed by atoms with E-state index in [0.717, 1.165) is 11.1 Å². The number of hydrogen-bond donors (Lipinski definition) is 3. The molecule has 138 valence electrons. The summed E-state index contributed by atoms with van der Waals surface area (Å²) in [6, 6.07) is 14.4. The molecule has 0 fully saturated rings. The van der Waals surface area contributed by atoms with Crippen molar-refractivity contribution in [2.24, 2.45) is 10.9 Å². The van der Waals surface area contributed by atoms with Gasteiger partial charge in [-0.2, -0.15) is 9.97 Å². The number of nitrogens with two attached hydrogens (primary N) is 2. The van der Waals surface area contributed by atoms with Gasteiger partial charge in [0.1, 0.15) is 5.69 Å². The van der Waals surface area contributed by atoms with E-state index in [9.17, 15) is 4.79 Å². The number of rotatable bonds is 1. The maximum atomic E-state index is 13.3. The van der Waals surface area contributed by atoms with Crippen LogP contribution >= 0.6 is 11.6 Å². The van der Waals surface area contributed by atoms with Crippen molar-refractivity contribution in [2.75, 3.05) is 16.8 Å². The Morgan fingerprint density at radius 2 is 1.68 bits per heavy atom. The summed E-state index contributed by atoms with van der Waals surface area (Å²) >= 11 is 6.05. The average Bonchev–Trinajstić information content (AvgIpc) is 2.84. The van der Waals surface area contributed by atoms with E-state index in [1.807, 2.05) is 36.4 Å². The predicted molar refractivity (Wildman–Crippen MR) is 109 cm³/mol. The number of nitrogens with one attached hydrogen (secondary N) is 1. The molecule has 1 aliphatic heterocycles. The van der Waals surface area contributed by atoms with Gasteiger partial charge in [0.25, 0.3) is 0 Å². The van der Waals surface area contributed by atoms with Crippen molar-refractivity contribution >= 4 is 46.4 Å². The van der Waals surface area contributed by atoms with Gasteiger partial charge in [0.05, 0.1) is 17.7 Å². The lowest BCUT2D eigenvalue weighted by Crippen LogP contribution is -2.28. The molecular weight excluding hydrogens is 376 g/mol. The molecule has 0 saturated heterocycles. The monoisotopic (exact) mass is 390 g/mol. The number of carbonyl (C=O) groups excluding carboxylic acids is 1. The van der Waals surface area contributed by atoms with Crippen LogP contribution in [0.1, 0.15) is 27.5 Å². The van der Waals surface area contributed by atoms with Crippen LogP contribution in [0.5, 0.6) is 0 Å². The van der Waals surface area contributed by atoms with Crippen LogP contribution in [-0.2, 0) is 0 Å². The number of hydrogen-bond acceptors (Lipinski definition) is 7. The van der Waals surface area contributed by atoms with Crippen molar-refractivity contribution in [3.8, 4) is 0 Å². The second-order valence-corrected chi connectivity index (χ2v) is 7.16. The van der Waals surface area contributed by atoms with Gasteiger partial charge in [-0.15, -0.1) is 0 Å². The maximum absolute atomic E-state index is 13.3. The highest BCUT2D eigenvalue weighted by molar-refractivity contribution is 6.31. The van der Waals surface area contributed by atoms with E-state index in [0.29, 0.717) is 27.8 Å². The van der Waals surface area contributed by atoms with Gasteiger partial charge in [-0.1, -0.05) is 48.0 Å². The summed E-state index contributed by atoms with van der Waals surface area (Å²) in [5.74, 6) is 0.00139. The first-order valence-electron chi connectivity index (χ1n) is 8.70. The van der Waals surface area contributed by atoms with E-state index >= 15 is 0 Å². The molecule has 5 rings (SSSR count). The lowest BCUT2D eigenvalue weighted by atomic mass is 9.88. The van der Waals surface area contributed by atoms with Crippen LogP contribution in [0.2, 0.25) is 5.02 Å². The smallest absolute Gasteiger partial charge is 0.224 e. The van der Waals surface area contributed by atoms with Crippen LogP contribution in [0, 0.1) is 5.92 Å². The van der Waals surface area contributed by atoms with Gasteiger partial charge < -0.3 is 16.8 Å². The molecule has 1 aromatic heterocycles. The average molecular weight is 391 g/mol. The molecule has 2 heterocycles. The molecule has 2 unspecified atom stereocenters. The van der Waals surface area contributed by atoms with E-state index in [2.05, 4.69) is 15.3 Å². The maximum Gasteiger partial charge on any atom is 0.224 e. The molecular formula is C20H15ClN6O.